The Morgan fingerprint density at radius 2 is 1.71 bits per heavy atom. The monoisotopic (exact) mass is 380 g/mol. The number of anilines is 1. The molecule has 1 heterocycles. The molecule has 1 fully saturated rings. The lowest BCUT2D eigenvalue weighted by Gasteiger charge is -2.13. The van der Waals surface area contributed by atoms with E-state index in [1.807, 2.05) is 30.3 Å². The van der Waals surface area contributed by atoms with Gasteiger partial charge in [0.25, 0.3) is 0 Å². The number of urea groups is 1. The third kappa shape index (κ3) is 5.16. The van der Waals surface area contributed by atoms with Gasteiger partial charge in [-0.1, -0.05) is 42.5 Å². The number of nitrogens with one attached hydrogen (secondary N) is 3. The first-order valence-corrected chi connectivity index (χ1v) is 8.79. The Bertz CT molecular complexity index is 882. The highest BCUT2D eigenvalue weighted by atomic mass is 16.2. The number of hydrogen-bond acceptors (Lipinski definition) is 4. The van der Waals surface area contributed by atoms with E-state index >= 15 is 0 Å². The Kier molecular flexibility index (Phi) is 6.01. The molecule has 0 bridgehead atoms. The largest absolute Gasteiger partial charge is 0.347 e. The fourth-order valence-corrected chi connectivity index (χ4v) is 2.77. The van der Waals surface area contributed by atoms with Crippen molar-refractivity contribution >= 4 is 29.4 Å². The predicted molar refractivity (Wildman–Crippen MR) is 102 cm³/mol. The second kappa shape index (κ2) is 8.81. The molecule has 0 aromatic heterocycles. The number of amides is 5. The average Bonchev–Trinajstić information content (AvgIpc) is 2.99. The summed E-state index contributed by atoms with van der Waals surface area (Å²) >= 11 is 0. The molecule has 0 unspecified atom stereocenters. The lowest BCUT2D eigenvalue weighted by atomic mass is 10.1. The molecule has 0 saturated carbocycles. The second-order valence-electron chi connectivity index (χ2n) is 6.33. The van der Waals surface area contributed by atoms with E-state index in [2.05, 4.69) is 16.0 Å². The lowest BCUT2D eigenvalue weighted by molar-refractivity contribution is -0.125. The van der Waals surface area contributed by atoms with E-state index < -0.39 is 6.03 Å². The molecule has 5 amide bonds. The van der Waals surface area contributed by atoms with Crippen LogP contribution in [0.5, 0.6) is 0 Å². The van der Waals surface area contributed by atoms with Crippen LogP contribution in [-0.2, 0) is 27.3 Å². The van der Waals surface area contributed by atoms with Crippen molar-refractivity contribution < 1.29 is 19.2 Å². The van der Waals surface area contributed by atoms with Gasteiger partial charge in [-0.25, -0.2) is 4.79 Å². The van der Waals surface area contributed by atoms with Gasteiger partial charge in [0.2, 0.25) is 17.7 Å². The molecule has 0 aliphatic carbocycles. The summed E-state index contributed by atoms with van der Waals surface area (Å²) < 4.78 is 0. The van der Waals surface area contributed by atoms with Crippen LogP contribution in [0, 0.1) is 0 Å². The van der Waals surface area contributed by atoms with Crippen LogP contribution in [0.4, 0.5) is 10.5 Å². The summed E-state index contributed by atoms with van der Waals surface area (Å²) in [5.74, 6) is -0.900. The summed E-state index contributed by atoms with van der Waals surface area (Å²) in [6, 6.07) is 15.7. The zero-order chi connectivity index (χ0) is 19.9. The molecule has 8 heteroatoms. The van der Waals surface area contributed by atoms with Gasteiger partial charge in [0, 0.05) is 5.69 Å². The fraction of sp³-hybridized carbons (Fsp3) is 0.200. The molecule has 0 radical (unpaired) electrons. The summed E-state index contributed by atoms with van der Waals surface area (Å²) in [5, 5.41) is 7.73. The highest BCUT2D eigenvalue weighted by molar-refractivity contribution is 6.02. The van der Waals surface area contributed by atoms with Gasteiger partial charge in [-0.3, -0.25) is 19.3 Å². The maximum Gasteiger partial charge on any atom is 0.324 e. The lowest BCUT2D eigenvalue weighted by Crippen LogP contribution is -2.33. The van der Waals surface area contributed by atoms with Crippen molar-refractivity contribution in [1.29, 1.82) is 0 Å². The van der Waals surface area contributed by atoms with E-state index in [0.717, 1.165) is 10.5 Å². The number of nitrogens with zero attached hydrogens (tertiary/aromatic N) is 1. The summed E-state index contributed by atoms with van der Waals surface area (Å²) in [7, 11) is 0. The molecule has 1 saturated heterocycles. The van der Waals surface area contributed by atoms with Crippen molar-refractivity contribution in [3.8, 4) is 0 Å². The van der Waals surface area contributed by atoms with Gasteiger partial charge in [-0.2, -0.15) is 0 Å². The van der Waals surface area contributed by atoms with E-state index in [0.29, 0.717) is 11.3 Å². The molecule has 144 valence electrons. The number of carbonyl (C=O) groups is 4. The third-order valence-corrected chi connectivity index (χ3v) is 4.14. The molecule has 1 aliphatic rings. The first-order chi connectivity index (χ1) is 13.5. The van der Waals surface area contributed by atoms with Crippen molar-refractivity contribution in [2.75, 3.05) is 18.4 Å². The number of imide groups is 1. The highest BCUT2D eigenvalue weighted by Gasteiger charge is 2.28. The SMILES string of the molecule is O=C(Cc1ccccc1)NCC(=O)Nc1cccc(CN2C(=O)CNC2=O)c1. The molecule has 3 N–H and O–H groups in total. The van der Waals surface area contributed by atoms with Crippen molar-refractivity contribution in [2.24, 2.45) is 0 Å². The molecule has 8 nitrogen and oxygen atoms in total. The highest BCUT2D eigenvalue weighted by Crippen LogP contribution is 2.14. The van der Waals surface area contributed by atoms with Crippen LogP contribution < -0.4 is 16.0 Å². The quantitative estimate of drug-likeness (QED) is 0.624. The van der Waals surface area contributed by atoms with Crippen LogP contribution >= 0.6 is 0 Å². The molecular weight excluding hydrogens is 360 g/mol. The zero-order valence-corrected chi connectivity index (χ0v) is 15.1. The van der Waals surface area contributed by atoms with Gasteiger partial charge in [0.1, 0.15) is 0 Å². The Labute approximate surface area is 161 Å². The summed E-state index contributed by atoms with van der Waals surface area (Å²) in [6.45, 7) is -0.0248. The van der Waals surface area contributed by atoms with Crippen LogP contribution in [0.25, 0.3) is 0 Å². The summed E-state index contributed by atoms with van der Waals surface area (Å²) in [4.78, 5) is 48.4. The van der Waals surface area contributed by atoms with Crippen molar-refractivity contribution in [1.82, 2.24) is 15.5 Å². The van der Waals surface area contributed by atoms with Crippen molar-refractivity contribution in [3.63, 3.8) is 0 Å². The minimum atomic E-state index is -0.430. The zero-order valence-electron chi connectivity index (χ0n) is 15.1. The van der Waals surface area contributed by atoms with Crippen LogP contribution in [0.1, 0.15) is 11.1 Å². The maximum absolute atomic E-state index is 12.1. The normalized spacial score (nSPS) is 13.2. The molecule has 1 aliphatic heterocycles. The number of rotatable bonds is 7. The Balaban J connectivity index is 1.49. The van der Waals surface area contributed by atoms with Crippen molar-refractivity contribution in [3.05, 3.63) is 65.7 Å². The molecule has 3 rings (SSSR count). The van der Waals surface area contributed by atoms with E-state index in [4.69, 9.17) is 0 Å². The molecule has 28 heavy (non-hydrogen) atoms. The Morgan fingerprint density at radius 3 is 2.43 bits per heavy atom. The van der Waals surface area contributed by atoms with Crippen LogP contribution in [-0.4, -0.2) is 41.7 Å². The predicted octanol–water partition coefficient (Wildman–Crippen LogP) is 1.04. The molecule has 2 aromatic rings. The smallest absolute Gasteiger partial charge is 0.324 e. The first-order valence-electron chi connectivity index (χ1n) is 8.79. The minimum Gasteiger partial charge on any atom is -0.347 e. The topological polar surface area (TPSA) is 108 Å². The van der Waals surface area contributed by atoms with E-state index in [-0.39, 0.29) is 43.8 Å². The van der Waals surface area contributed by atoms with Gasteiger partial charge in [0.15, 0.2) is 0 Å². The van der Waals surface area contributed by atoms with E-state index in [9.17, 15) is 19.2 Å². The van der Waals surface area contributed by atoms with Gasteiger partial charge in [-0.05, 0) is 23.3 Å². The maximum atomic E-state index is 12.1. The van der Waals surface area contributed by atoms with Crippen LogP contribution in [0.2, 0.25) is 0 Å². The van der Waals surface area contributed by atoms with Gasteiger partial charge < -0.3 is 16.0 Å². The van der Waals surface area contributed by atoms with Crippen LogP contribution in [0.3, 0.4) is 0 Å². The van der Waals surface area contributed by atoms with E-state index in [1.54, 1.807) is 24.3 Å². The number of hydrogen-bond donors (Lipinski definition) is 3. The Hall–Kier alpha value is -3.68. The van der Waals surface area contributed by atoms with Crippen molar-refractivity contribution in [2.45, 2.75) is 13.0 Å². The summed E-state index contributed by atoms with van der Waals surface area (Å²) in [5.41, 5.74) is 2.09. The first kappa shape index (κ1) is 19.1. The van der Waals surface area contributed by atoms with E-state index in [1.165, 1.54) is 0 Å². The van der Waals surface area contributed by atoms with Gasteiger partial charge >= 0.3 is 6.03 Å². The van der Waals surface area contributed by atoms with Gasteiger partial charge in [0.05, 0.1) is 26.1 Å². The average molecular weight is 380 g/mol. The third-order valence-electron chi connectivity index (χ3n) is 4.14. The minimum absolute atomic E-state index is 0.00204. The number of benzene rings is 2. The summed E-state index contributed by atoms with van der Waals surface area (Å²) in [6.07, 6.45) is 0.204. The molecule has 0 atom stereocenters. The standard InChI is InChI=1S/C20H20N4O4/c25-17(10-14-5-2-1-3-6-14)21-11-18(26)23-16-8-4-7-15(9-16)13-24-19(27)12-22-20(24)28/h1-9H,10-13H2,(H,21,25)(H,22,28)(H,23,26). The molecule has 2 aromatic carbocycles. The van der Waals surface area contributed by atoms with Crippen LogP contribution in [0.15, 0.2) is 54.6 Å². The fourth-order valence-electron chi connectivity index (χ4n) is 2.77. The second-order valence-corrected chi connectivity index (χ2v) is 6.33. The number of carbonyl (C=O) groups excluding carboxylic acids is 4. The Morgan fingerprint density at radius 1 is 0.964 bits per heavy atom. The molecule has 0 spiro atoms. The van der Waals surface area contributed by atoms with Gasteiger partial charge in [-0.15, -0.1) is 0 Å². The molecular formula is C20H20N4O4.